The van der Waals surface area contributed by atoms with Crippen molar-refractivity contribution in [3.8, 4) is 0 Å². The van der Waals surface area contributed by atoms with Crippen molar-refractivity contribution in [3.05, 3.63) is 11.9 Å². The maximum Gasteiger partial charge on any atom is 0.244 e. The molecule has 0 aromatic carbocycles. The van der Waals surface area contributed by atoms with Crippen LogP contribution in [0.3, 0.4) is 0 Å². The second-order valence-corrected chi connectivity index (χ2v) is 7.59. The number of carbonyl (C=O) groups excluding carboxylic acids is 1. The number of carbonyl (C=O) groups is 1. The maximum atomic E-state index is 12.2. The highest BCUT2D eigenvalue weighted by molar-refractivity contribution is 7.91. The van der Waals surface area contributed by atoms with Crippen LogP contribution >= 0.6 is 0 Å². The second kappa shape index (κ2) is 6.52. The molecule has 0 spiro atoms. The van der Waals surface area contributed by atoms with Crippen molar-refractivity contribution in [2.75, 3.05) is 25.1 Å². The van der Waals surface area contributed by atoms with Crippen molar-refractivity contribution in [3.63, 3.8) is 0 Å². The fraction of sp³-hybridized carbons (Fsp3) is 0.750. The molecule has 2 heterocycles. The molecule has 1 aliphatic rings. The molecule has 1 aromatic heterocycles. The average Bonchev–Trinajstić information content (AvgIpc) is 3.02. The summed E-state index contributed by atoms with van der Waals surface area (Å²) >= 11 is 0. The number of aromatic nitrogens is 3. The normalized spacial score (nSPS) is 20.6. The van der Waals surface area contributed by atoms with Gasteiger partial charge in [0.15, 0.2) is 9.84 Å². The highest BCUT2D eigenvalue weighted by Crippen LogP contribution is 2.16. The maximum absolute atomic E-state index is 12.2. The van der Waals surface area contributed by atoms with E-state index in [9.17, 15) is 13.2 Å². The quantitative estimate of drug-likeness (QED) is 0.707. The summed E-state index contributed by atoms with van der Waals surface area (Å²) in [6.07, 6.45) is 3.80. The Balaban J connectivity index is 1.90. The van der Waals surface area contributed by atoms with Crippen molar-refractivity contribution in [1.29, 1.82) is 0 Å². The molecule has 2 rings (SSSR count). The molecule has 1 amide bonds. The highest BCUT2D eigenvalue weighted by atomic mass is 32.2. The van der Waals surface area contributed by atoms with E-state index in [1.54, 1.807) is 13.2 Å². The Morgan fingerprint density at radius 3 is 2.95 bits per heavy atom. The number of nitrogens with two attached hydrogens (primary N) is 1. The number of hydrogen-bond donors (Lipinski definition) is 1. The Morgan fingerprint density at radius 2 is 2.33 bits per heavy atom. The zero-order chi connectivity index (χ0) is 15.5. The van der Waals surface area contributed by atoms with Gasteiger partial charge in [0.1, 0.15) is 6.54 Å². The summed E-state index contributed by atoms with van der Waals surface area (Å²) in [6.45, 7) is 0.660. The molecule has 1 unspecified atom stereocenters. The van der Waals surface area contributed by atoms with E-state index in [4.69, 9.17) is 5.73 Å². The Bertz CT molecular complexity index is 598. The molecular weight excluding hydrogens is 294 g/mol. The van der Waals surface area contributed by atoms with Gasteiger partial charge in [-0.25, -0.2) is 13.1 Å². The van der Waals surface area contributed by atoms with Gasteiger partial charge in [-0.2, -0.15) is 0 Å². The highest BCUT2D eigenvalue weighted by Gasteiger charge is 2.32. The molecule has 1 aliphatic heterocycles. The number of aryl methyl sites for hydroxylation is 1. The minimum Gasteiger partial charge on any atom is -0.340 e. The van der Waals surface area contributed by atoms with Crippen LogP contribution in [0, 0.1) is 0 Å². The summed E-state index contributed by atoms with van der Waals surface area (Å²) in [5.41, 5.74) is 6.24. The lowest BCUT2D eigenvalue weighted by Crippen LogP contribution is -2.39. The van der Waals surface area contributed by atoms with Crippen molar-refractivity contribution in [2.24, 2.45) is 5.73 Å². The van der Waals surface area contributed by atoms with Gasteiger partial charge in [0.25, 0.3) is 0 Å². The summed E-state index contributed by atoms with van der Waals surface area (Å²) < 4.78 is 24.4. The smallest absolute Gasteiger partial charge is 0.244 e. The predicted octanol–water partition coefficient (Wildman–Crippen LogP) is -1.19. The zero-order valence-electron chi connectivity index (χ0n) is 12.1. The summed E-state index contributed by atoms with van der Waals surface area (Å²) in [4.78, 5) is 13.7. The third-order valence-corrected chi connectivity index (χ3v) is 5.42. The van der Waals surface area contributed by atoms with Crippen LogP contribution < -0.4 is 5.73 Å². The number of hydrogen-bond acceptors (Lipinski definition) is 6. The molecule has 9 heteroatoms. The third-order valence-electron chi connectivity index (χ3n) is 3.67. The van der Waals surface area contributed by atoms with Gasteiger partial charge in [-0.1, -0.05) is 5.21 Å². The monoisotopic (exact) mass is 315 g/mol. The lowest BCUT2D eigenvalue weighted by molar-refractivity contribution is -0.132. The first-order chi connectivity index (χ1) is 9.91. The third kappa shape index (κ3) is 4.24. The lowest BCUT2D eigenvalue weighted by atomic mass is 10.2. The molecule has 0 saturated carbocycles. The van der Waals surface area contributed by atoms with Crippen LogP contribution in [0.2, 0.25) is 0 Å². The number of nitrogens with zero attached hydrogens (tertiary/aromatic N) is 4. The van der Waals surface area contributed by atoms with E-state index in [-0.39, 0.29) is 30.0 Å². The van der Waals surface area contributed by atoms with Crippen molar-refractivity contribution in [2.45, 2.75) is 31.8 Å². The first-order valence-corrected chi connectivity index (χ1v) is 8.78. The van der Waals surface area contributed by atoms with E-state index in [1.165, 1.54) is 9.58 Å². The summed E-state index contributed by atoms with van der Waals surface area (Å²) in [5, 5.41) is 7.88. The molecule has 1 fully saturated rings. The van der Waals surface area contributed by atoms with Gasteiger partial charge < -0.3 is 10.6 Å². The second-order valence-electron chi connectivity index (χ2n) is 5.36. The molecular formula is C12H21N5O3S. The molecule has 0 radical (unpaired) electrons. The topological polar surface area (TPSA) is 111 Å². The molecule has 1 atom stereocenters. The minimum atomic E-state index is -2.99. The summed E-state index contributed by atoms with van der Waals surface area (Å²) in [7, 11) is -1.35. The first-order valence-electron chi connectivity index (χ1n) is 6.96. The van der Waals surface area contributed by atoms with Crippen LogP contribution in [0.1, 0.15) is 18.5 Å². The molecule has 118 valence electrons. The van der Waals surface area contributed by atoms with E-state index in [0.717, 1.165) is 18.5 Å². The SMILES string of the molecule is CN(C(=O)Cn1cc(CCCN)nn1)C1CCS(=O)(=O)C1. The Morgan fingerprint density at radius 1 is 1.57 bits per heavy atom. The van der Waals surface area contributed by atoms with Crippen molar-refractivity contribution < 1.29 is 13.2 Å². The molecule has 2 N–H and O–H groups in total. The summed E-state index contributed by atoms with van der Waals surface area (Å²) in [6, 6.07) is -0.234. The summed E-state index contributed by atoms with van der Waals surface area (Å²) in [5.74, 6) is 0.0447. The molecule has 0 bridgehead atoms. The molecule has 0 aliphatic carbocycles. The fourth-order valence-electron chi connectivity index (χ4n) is 2.35. The Kier molecular flexibility index (Phi) is 4.94. The predicted molar refractivity (Wildman–Crippen MR) is 77.2 cm³/mol. The fourth-order valence-corrected chi connectivity index (χ4v) is 4.12. The van der Waals surface area contributed by atoms with E-state index in [2.05, 4.69) is 10.3 Å². The Labute approximate surface area is 124 Å². The van der Waals surface area contributed by atoms with Crippen molar-refractivity contribution in [1.82, 2.24) is 19.9 Å². The number of rotatable bonds is 6. The number of likely N-dealkylation sites (N-methyl/N-ethyl adjacent to an activating group) is 1. The molecule has 21 heavy (non-hydrogen) atoms. The van der Waals surface area contributed by atoms with Crippen molar-refractivity contribution >= 4 is 15.7 Å². The van der Waals surface area contributed by atoms with E-state index >= 15 is 0 Å². The van der Waals surface area contributed by atoms with Crippen LogP contribution in [-0.2, 0) is 27.6 Å². The van der Waals surface area contributed by atoms with Gasteiger partial charge in [0.05, 0.1) is 17.2 Å². The van der Waals surface area contributed by atoms with E-state index < -0.39 is 9.84 Å². The van der Waals surface area contributed by atoms with E-state index in [1.807, 2.05) is 0 Å². The largest absolute Gasteiger partial charge is 0.340 e. The Hall–Kier alpha value is -1.48. The standard InChI is InChI=1S/C12H21N5O3S/c1-16(11-4-6-21(19,20)9-11)12(18)8-17-7-10(14-15-17)3-2-5-13/h7,11H,2-6,8-9,13H2,1H3. The molecule has 1 saturated heterocycles. The molecule has 8 nitrogen and oxygen atoms in total. The zero-order valence-corrected chi connectivity index (χ0v) is 12.9. The van der Waals surface area contributed by atoms with Gasteiger partial charge in [0, 0.05) is 19.3 Å². The van der Waals surface area contributed by atoms with Gasteiger partial charge >= 0.3 is 0 Å². The van der Waals surface area contributed by atoms with Gasteiger partial charge in [-0.05, 0) is 25.8 Å². The van der Waals surface area contributed by atoms with Crippen LogP contribution in [0.4, 0.5) is 0 Å². The van der Waals surface area contributed by atoms with Crippen LogP contribution in [-0.4, -0.2) is 65.4 Å². The average molecular weight is 315 g/mol. The number of amides is 1. The van der Waals surface area contributed by atoms with Gasteiger partial charge in [0.2, 0.25) is 5.91 Å². The van der Waals surface area contributed by atoms with Gasteiger partial charge in [-0.15, -0.1) is 5.10 Å². The van der Waals surface area contributed by atoms with Crippen LogP contribution in [0.25, 0.3) is 0 Å². The lowest BCUT2D eigenvalue weighted by Gasteiger charge is -2.23. The van der Waals surface area contributed by atoms with Gasteiger partial charge in [-0.3, -0.25) is 4.79 Å². The van der Waals surface area contributed by atoms with Crippen LogP contribution in [0.15, 0.2) is 6.20 Å². The number of sulfone groups is 1. The van der Waals surface area contributed by atoms with Crippen LogP contribution in [0.5, 0.6) is 0 Å². The minimum absolute atomic E-state index is 0.0499. The molecule has 1 aromatic rings. The van der Waals surface area contributed by atoms with E-state index in [0.29, 0.717) is 13.0 Å². The first kappa shape index (κ1) is 15.9.